The Morgan fingerprint density at radius 1 is 1.04 bits per heavy atom. The second kappa shape index (κ2) is 6.39. The van der Waals surface area contributed by atoms with Crippen LogP contribution < -0.4 is 4.90 Å². The van der Waals surface area contributed by atoms with Crippen LogP contribution in [0.15, 0.2) is 66.7 Å². The number of anilines is 1. The van der Waals surface area contributed by atoms with Crippen molar-refractivity contribution in [3.63, 3.8) is 0 Å². The summed E-state index contributed by atoms with van der Waals surface area (Å²) in [5.74, 6) is 1.59. The molecule has 4 heteroatoms. The molecule has 0 saturated heterocycles. The van der Waals surface area contributed by atoms with Crippen molar-refractivity contribution in [1.29, 1.82) is 0 Å². The molecule has 1 amide bonds. The van der Waals surface area contributed by atoms with E-state index in [1.807, 2.05) is 30.3 Å². The minimum Gasteiger partial charge on any atom is -0.375 e. The Morgan fingerprint density at radius 3 is 2.56 bits per heavy atom. The van der Waals surface area contributed by atoms with Gasteiger partial charge in [-0.3, -0.25) is 14.5 Å². The van der Waals surface area contributed by atoms with Gasteiger partial charge < -0.3 is 5.11 Å². The molecule has 4 rings (SSSR count). The number of hydrogen-bond donors (Lipinski definition) is 1. The Labute approximate surface area is 157 Å². The third-order valence-corrected chi connectivity index (χ3v) is 5.00. The highest BCUT2D eigenvalue weighted by Crippen LogP contribution is 2.42. The minimum atomic E-state index is -1.92. The molecule has 0 bridgehead atoms. The number of aliphatic hydroxyl groups is 1. The molecule has 1 heterocycles. The van der Waals surface area contributed by atoms with Gasteiger partial charge in [-0.15, -0.1) is 6.42 Å². The fraction of sp³-hybridized carbons (Fsp3) is 0.130. The lowest BCUT2D eigenvalue weighted by molar-refractivity contribution is -0.135. The topological polar surface area (TPSA) is 57.6 Å². The van der Waals surface area contributed by atoms with Crippen LogP contribution in [0, 0.1) is 12.3 Å². The molecular weight excluding hydrogens is 338 g/mol. The van der Waals surface area contributed by atoms with Gasteiger partial charge in [-0.25, -0.2) is 0 Å². The molecule has 4 nitrogen and oxygen atoms in total. The van der Waals surface area contributed by atoms with E-state index in [1.54, 1.807) is 36.4 Å². The van der Waals surface area contributed by atoms with Gasteiger partial charge in [0.15, 0.2) is 11.4 Å². The molecule has 0 aromatic heterocycles. The Balaban J connectivity index is 1.76. The van der Waals surface area contributed by atoms with Crippen LogP contribution in [0.4, 0.5) is 5.69 Å². The smallest absolute Gasteiger partial charge is 0.265 e. The van der Waals surface area contributed by atoms with Gasteiger partial charge in [-0.1, -0.05) is 66.6 Å². The van der Waals surface area contributed by atoms with Crippen LogP contribution in [0.2, 0.25) is 0 Å². The molecule has 132 valence electrons. The molecule has 0 spiro atoms. The van der Waals surface area contributed by atoms with Crippen molar-refractivity contribution in [1.82, 2.24) is 0 Å². The Bertz CT molecular complexity index is 1110. The molecule has 27 heavy (non-hydrogen) atoms. The maximum atomic E-state index is 13.1. The number of Topliss-reactive ketones (excluding diaryl/α,β-unsaturated/α-hetero) is 1. The maximum Gasteiger partial charge on any atom is 0.265 e. The largest absolute Gasteiger partial charge is 0.375 e. The molecule has 3 aromatic carbocycles. The molecule has 1 atom stereocenters. The number of nitrogens with zero attached hydrogens (tertiary/aromatic N) is 1. The van der Waals surface area contributed by atoms with Crippen molar-refractivity contribution >= 4 is 28.2 Å². The Kier molecular flexibility index (Phi) is 4.02. The van der Waals surface area contributed by atoms with E-state index in [2.05, 4.69) is 5.92 Å². The summed E-state index contributed by atoms with van der Waals surface area (Å²) in [7, 11) is 0. The van der Waals surface area contributed by atoms with Crippen LogP contribution in [0.5, 0.6) is 0 Å². The van der Waals surface area contributed by atoms with Crippen LogP contribution in [-0.4, -0.2) is 23.3 Å². The quantitative estimate of drug-likeness (QED) is 0.577. The second-order valence-corrected chi connectivity index (χ2v) is 6.60. The standard InChI is InChI=1S/C23H17NO3/c1-2-14-24-20-13-6-5-12-19(20)23(27,22(24)26)15-21(25)18-11-7-9-16-8-3-4-10-17(16)18/h1,3-13,27H,14-15H2. The number of fused-ring (bicyclic) bond motifs is 2. The van der Waals surface area contributed by atoms with Gasteiger partial charge >= 0.3 is 0 Å². The molecule has 0 radical (unpaired) electrons. The van der Waals surface area contributed by atoms with Gasteiger partial charge in [0, 0.05) is 11.1 Å². The normalized spacial score (nSPS) is 18.4. The highest BCUT2D eigenvalue weighted by molar-refractivity contribution is 6.14. The summed E-state index contributed by atoms with van der Waals surface area (Å²) in [6.07, 6.45) is 5.04. The van der Waals surface area contributed by atoms with E-state index in [9.17, 15) is 14.7 Å². The van der Waals surface area contributed by atoms with Crippen molar-refractivity contribution < 1.29 is 14.7 Å². The number of carbonyl (C=O) groups excluding carboxylic acids is 2. The lowest BCUT2D eigenvalue weighted by Gasteiger charge is -2.22. The fourth-order valence-corrected chi connectivity index (χ4v) is 3.72. The number of benzene rings is 3. The van der Waals surface area contributed by atoms with E-state index >= 15 is 0 Å². The number of terminal acetylenes is 1. The van der Waals surface area contributed by atoms with Gasteiger partial charge in [0.25, 0.3) is 5.91 Å². The molecule has 1 aliphatic heterocycles. The van der Waals surface area contributed by atoms with Crippen molar-refractivity contribution in [3.8, 4) is 12.3 Å². The minimum absolute atomic E-state index is 0.0423. The van der Waals surface area contributed by atoms with E-state index in [0.717, 1.165) is 10.8 Å². The van der Waals surface area contributed by atoms with Crippen LogP contribution in [0.1, 0.15) is 22.3 Å². The number of rotatable bonds is 4. The first-order chi connectivity index (χ1) is 13.1. The number of ketones is 1. The lowest BCUT2D eigenvalue weighted by Crippen LogP contribution is -2.42. The lowest BCUT2D eigenvalue weighted by atomic mass is 9.87. The summed E-state index contributed by atoms with van der Waals surface area (Å²) < 4.78 is 0. The van der Waals surface area contributed by atoms with E-state index in [-0.39, 0.29) is 18.7 Å². The fourth-order valence-electron chi connectivity index (χ4n) is 3.72. The van der Waals surface area contributed by atoms with Crippen LogP contribution >= 0.6 is 0 Å². The highest BCUT2D eigenvalue weighted by Gasteiger charge is 2.50. The van der Waals surface area contributed by atoms with E-state index < -0.39 is 11.5 Å². The number of hydrogen-bond acceptors (Lipinski definition) is 3. The predicted octanol–water partition coefficient (Wildman–Crippen LogP) is 3.28. The molecule has 0 fully saturated rings. The number of amides is 1. The monoisotopic (exact) mass is 355 g/mol. The van der Waals surface area contributed by atoms with Crippen molar-refractivity contribution in [2.24, 2.45) is 0 Å². The predicted molar refractivity (Wildman–Crippen MR) is 104 cm³/mol. The van der Waals surface area contributed by atoms with Crippen molar-refractivity contribution in [3.05, 3.63) is 77.9 Å². The van der Waals surface area contributed by atoms with E-state index in [1.165, 1.54) is 4.90 Å². The summed E-state index contributed by atoms with van der Waals surface area (Å²) in [4.78, 5) is 27.4. The summed E-state index contributed by atoms with van der Waals surface area (Å²) in [5, 5.41) is 13.0. The molecule has 1 aliphatic rings. The van der Waals surface area contributed by atoms with Gasteiger partial charge in [-0.2, -0.15) is 0 Å². The summed E-state index contributed by atoms with van der Waals surface area (Å²) in [5.41, 5.74) is -0.462. The van der Waals surface area contributed by atoms with Crippen LogP contribution in [-0.2, 0) is 10.4 Å². The molecule has 0 saturated carbocycles. The average molecular weight is 355 g/mol. The molecular formula is C23H17NO3. The zero-order chi connectivity index (χ0) is 19.0. The number of para-hydroxylation sites is 1. The van der Waals surface area contributed by atoms with Gasteiger partial charge in [0.2, 0.25) is 0 Å². The van der Waals surface area contributed by atoms with E-state index in [4.69, 9.17) is 6.42 Å². The highest BCUT2D eigenvalue weighted by atomic mass is 16.3. The Hall–Kier alpha value is -3.42. The van der Waals surface area contributed by atoms with Crippen molar-refractivity contribution in [2.45, 2.75) is 12.0 Å². The van der Waals surface area contributed by atoms with Crippen molar-refractivity contribution in [2.75, 3.05) is 11.4 Å². The third-order valence-electron chi connectivity index (χ3n) is 5.00. The first-order valence-corrected chi connectivity index (χ1v) is 8.64. The molecule has 3 aromatic rings. The number of carbonyl (C=O) groups is 2. The molecule has 1 N–H and O–H groups in total. The molecule has 1 unspecified atom stereocenters. The molecule has 0 aliphatic carbocycles. The SMILES string of the molecule is C#CCN1C(=O)C(O)(CC(=O)c2cccc3ccccc23)c2ccccc21. The van der Waals surface area contributed by atoms with Crippen LogP contribution in [0.25, 0.3) is 10.8 Å². The first kappa shape index (κ1) is 17.0. The van der Waals surface area contributed by atoms with E-state index in [0.29, 0.717) is 16.8 Å². The summed E-state index contributed by atoms with van der Waals surface area (Å²) in [6.45, 7) is 0.0423. The zero-order valence-corrected chi connectivity index (χ0v) is 14.6. The third kappa shape index (κ3) is 2.61. The average Bonchev–Trinajstić information content (AvgIpc) is 2.90. The zero-order valence-electron chi connectivity index (χ0n) is 14.6. The Morgan fingerprint density at radius 2 is 1.74 bits per heavy atom. The first-order valence-electron chi connectivity index (χ1n) is 8.64. The second-order valence-electron chi connectivity index (χ2n) is 6.60. The van der Waals surface area contributed by atoms with Gasteiger partial charge in [0.1, 0.15) is 0 Å². The maximum absolute atomic E-state index is 13.1. The van der Waals surface area contributed by atoms with Crippen LogP contribution in [0.3, 0.4) is 0 Å². The van der Waals surface area contributed by atoms with Gasteiger partial charge in [0.05, 0.1) is 18.7 Å². The summed E-state index contributed by atoms with van der Waals surface area (Å²) in [6, 6.07) is 19.9. The summed E-state index contributed by atoms with van der Waals surface area (Å²) >= 11 is 0. The van der Waals surface area contributed by atoms with Gasteiger partial charge in [-0.05, 0) is 16.8 Å².